The number of carboxylic acid groups (broad SMARTS) is 1. The van der Waals surface area contributed by atoms with Crippen LogP contribution in [0.5, 0.6) is 0 Å². The maximum Gasteiger partial charge on any atom is 0.303 e. The number of likely N-dealkylation sites (tertiary alicyclic amines) is 1. The molecule has 1 saturated heterocycles. The van der Waals surface area contributed by atoms with Crippen LogP contribution in [-0.4, -0.2) is 246 Å². The SMILES string of the molecule is CC[C@H](C)[C@H](NC(=O)[C@@H](N)CCCN=C(N)N)C(=O)N[C@@H](CC(N)=O)C(=O)N[C@@H](CC(N)=O)C(=O)N[C@H](C(=O)N1C[C@@H](n2cc(-c3cc(C)c(C)cc3C)nn2)C[C@H]1C(=O)N[C@@H](Cc1c[nH]c2ccccc12)C(=O)N[C@@H](CO)C(=O)N[C@@H](CCC(=O)O)C(=O)N[C@@H](C)C(=O)N[C@@H](CCSC)C(=O)N[C@@H](CCSC)C(N)=O)[C@@H](C)CC. The van der Waals surface area contributed by atoms with Crippen molar-refractivity contribution in [2.24, 2.45) is 51.2 Å². The molecule has 0 aliphatic carbocycles. The molecule has 3 heterocycles. The number of aliphatic carboxylic acids is 1. The Balaban J connectivity index is 1.50. The van der Waals surface area contributed by atoms with Crippen LogP contribution in [0.15, 0.2) is 53.8 Å². The van der Waals surface area contributed by atoms with Crippen molar-refractivity contribution in [3.05, 3.63) is 71.0 Å². The van der Waals surface area contributed by atoms with Crippen molar-refractivity contribution in [3.8, 4) is 11.3 Å². The Morgan fingerprint density at radius 1 is 0.609 bits per heavy atom. The number of aliphatic hydroxyl groups is 1. The lowest BCUT2D eigenvalue weighted by Gasteiger charge is -2.33. The number of aliphatic imine (C=N–C) groups is 1. The number of aromatic nitrogens is 4. The molecule has 5 rings (SSSR count). The number of amides is 14. The van der Waals surface area contributed by atoms with E-state index in [0.717, 1.165) is 27.2 Å². The van der Waals surface area contributed by atoms with Gasteiger partial charge in [-0.05, 0) is 130 Å². The molecule has 0 bridgehead atoms. The van der Waals surface area contributed by atoms with Gasteiger partial charge in [0.15, 0.2) is 5.96 Å². The van der Waals surface area contributed by atoms with Crippen LogP contribution < -0.4 is 87.6 Å². The van der Waals surface area contributed by atoms with E-state index < -0.39 is 211 Å². The lowest BCUT2D eigenvalue weighted by Crippen LogP contribution is -2.62. The van der Waals surface area contributed by atoms with Crippen molar-refractivity contribution in [1.29, 1.82) is 0 Å². The normalized spacial score (nSPS) is 16.6. The second-order valence-corrected chi connectivity index (χ2v) is 30.6. The molecule has 2 aromatic carbocycles. The van der Waals surface area contributed by atoms with Gasteiger partial charge >= 0.3 is 5.97 Å². The number of rotatable bonds is 48. The summed E-state index contributed by atoms with van der Waals surface area (Å²) in [5.74, 6) is -16.2. The van der Waals surface area contributed by atoms with E-state index in [9.17, 15) is 67.7 Å². The summed E-state index contributed by atoms with van der Waals surface area (Å²) in [4.78, 5) is 216. The lowest BCUT2D eigenvalue weighted by molar-refractivity contribution is -0.144. The molecule has 25 N–H and O–H groups in total. The number of aromatic amines is 1. The average Bonchev–Trinajstić information content (AvgIpc) is 1.64. The third kappa shape index (κ3) is 28.5. The number of hydrogen-bond acceptors (Lipinski definition) is 22. The maximum atomic E-state index is 15.7. The minimum atomic E-state index is -1.94. The second kappa shape index (κ2) is 45.8. The van der Waals surface area contributed by atoms with Crippen molar-refractivity contribution in [3.63, 3.8) is 0 Å². The number of para-hydroxylation sites is 1. The zero-order valence-electron chi connectivity index (χ0n) is 66.3. The van der Waals surface area contributed by atoms with Crippen molar-refractivity contribution in [2.75, 3.05) is 43.7 Å². The van der Waals surface area contributed by atoms with Gasteiger partial charge < -0.3 is 108 Å². The van der Waals surface area contributed by atoms with Crippen LogP contribution in [0, 0.1) is 32.6 Å². The van der Waals surface area contributed by atoms with Gasteiger partial charge in [-0.15, -0.1) is 5.10 Å². The molecule has 39 nitrogen and oxygen atoms in total. The van der Waals surface area contributed by atoms with Gasteiger partial charge in [0.05, 0.1) is 37.7 Å². The molecule has 0 saturated carbocycles. The Morgan fingerprint density at radius 3 is 1.73 bits per heavy atom. The molecule has 0 radical (unpaired) electrons. The highest BCUT2D eigenvalue weighted by molar-refractivity contribution is 7.98. The van der Waals surface area contributed by atoms with Crippen molar-refractivity contribution >= 4 is 129 Å². The van der Waals surface area contributed by atoms with Gasteiger partial charge in [-0.3, -0.25) is 76.9 Å². The summed E-state index contributed by atoms with van der Waals surface area (Å²) in [5.41, 5.74) is 38.8. The summed E-state index contributed by atoms with van der Waals surface area (Å²) in [7, 11) is 0. The van der Waals surface area contributed by atoms with Crippen molar-refractivity contribution in [1.82, 2.24) is 78.0 Å². The van der Waals surface area contributed by atoms with Gasteiger partial charge in [0.1, 0.15) is 72.2 Å². The molecule has 41 heteroatoms. The maximum absolute atomic E-state index is 15.7. The van der Waals surface area contributed by atoms with Gasteiger partial charge in [0.25, 0.3) is 0 Å². The monoisotopic (exact) mass is 1640 g/mol. The number of fused-ring (bicyclic) bond motifs is 1. The van der Waals surface area contributed by atoms with Gasteiger partial charge in [-0.1, -0.05) is 70.0 Å². The Labute approximate surface area is 674 Å². The number of nitrogens with two attached hydrogens (primary N) is 6. The number of carbonyl (C=O) groups is 15. The summed E-state index contributed by atoms with van der Waals surface area (Å²) in [5, 5.41) is 55.3. The first kappa shape index (κ1) is 94.7. The molecule has 632 valence electrons. The van der Waals surface area contributed by atoms with Crippen molar-refractivity contribution < 1.29 is 82.1 Å². The number of nitrogens with zero attached hydrogens (tertiary/aromatic N) is 5. The van der Waals surface area contributed by atoms with Crippen LogP contribution in [0.4, 0.5) is 0 Å². The van der Waals surface area contributed by atoms with Gasteiger partial charge in [0, 0.05) is 55.0 Å². The number of carbonyl (C=O) groups excluding carboxylic acids is 14. The fraction of sp³-hybridized carbons (Fsp3) is 0.568. The molecule has 2 aromatic heterocycles. The third-order valence-electron chi connectivity index (χ3n) is 19.9. The summed E-state index contributed by atoms with van der Waals surface area (Å²) >= 11 is 2.78. The van der Waals surface area contributed by atoms with E-state index in [0.29, 0.717) is 46.5 Å². The quantitative estimate of drug-likeness (QED) is 0.0117. The Hall–Kier alpha value is -10.9. The molecule has 14 amide bonds. The molecule has 4 aromatic rings. The van der Waals surface area contributed by atoms with Crippen LogP contribution in [0.1, 0.15) is 134 Å². The van der Waals surface area contributed by atoms with Crippen LogP contribution in [0.2, 0.25) is 0 Å². The van der Waals surface area contributed by atoms with E-state index in [1.165, 1.54) is 35.1 Å². The predicted molar refractivity (Wildman–Crippen MR) is 429 cm³/mol. The number of aliphatic hydroxyl groups excluding tert-OH is 1. The molecule has 1 aliphatic heterocycles. The van der Waals surface area contributed by atoms with Gasteiger partial charge in [-0.2, -0.15) is 23.5 Å². The second-order valence-electron chi connectivity index (χ2n) is 28.7. The van der Waals surface area contributed by atoms with E-state index in [-0.39, 0.29) is 57.6 Å². The zero-order chi connectivity index (χ0) is 85.7. The van der Waals surface area contributed by atoms with E-state index in [2.05, 4.69) is 73.5 Å². The summed E-state index contributed by atoms with van der Waals surface area (Å²) in [6.45, 7) is 12.3. The number of nitrogens with one attached hydrogen (secondary N) is 11. The molecular weight excluding hydrogens is 1530 g/mol. The number of aryl methyl sites for hydroxylation is 3. The van der Waals surface area contributed by atoms with Gasteiger partial charge in [-0.25, -0.2) is 4.68 Å². The predicted octanol–water partition coefficient (Wildman–Crippen LogP) is -3.32. The van der Waals surface area contributed by atoms with Crippen LogP contribution >= 0.6 is 23.5 Å². The van der Waals surface area contributed by atoms with Gasteiger partial charge in [0.2, 0.25) is 82.7 Å². The molecule has 0 unspecified atom stereocenters. The smallest absolute Gasteiger partial charge is 0.303 e. The number of guanidine groups is 1. The Kier molecular flexibility index (Phi) is 37.7. The topological polar surface area (TPSA) is 635 Å². The molecule has 15 atom stereocenters. The molecule has 1 fully saturated rings. The third-order valence-corrected chi connectivity index (χ3v) is 21.2. The number of thioether (sulfide) groups is 2. The molecular formula is C74H112N22O17S2. The first-order valence-electron chi connectivity index (χ1n) is 37.7. The molecule has 0 spiro atoms. The Morgan fingerprint density at radius 2 is 1.13 bits per heavy atom. The van der Waals surface area contributed by atoms with E-state index in [4.69, 9.17) is 34.4 Å². The van der Waals surface area contributed by atoms with E-state index in [1.807, 2.05) is 32.9 Å². The summed E-state index contributed by atoms with van der Waals surface area (Å²) < 4.78 is 1.46. The molecule has 115 heavy (non-hydrogen) atoms. The fourth-order valence-electron chi connectivity index (χ4n) is 12.6. The number of carboxylic acids is 1. The fourth-order valence-corrected chi connectivity index (χ4v) is 13.6. The number of benzene rings is 2. The highest BCUT2D eigenvalue weighted by atomic mass is 32.2. The summed E-state index contributed by atoms with van der Waals surface area (Å²) in [6, 6.07) is -8.52. The lowest BCUT2D eigenvalue weighted by atomic mass is 9.96. The standard InChI is InChI=1S/C74H112N22O17S2/c1-11-36(3)60(91-64(104)46(75)17-15-23-81-74(79)80)72(112)89-52(30-57(76)98)68(108)87-53(31-58(77)99)69(109)92-61(37(4)12-2)73(113)95-33-43(96-34-54(93-94-96)45-27-39(6)38(5)26-40(45)7)29-56(95)71(111)88-51(28-42-32-82-47-18-14-13-16-44(42)47)67(107)90-55(35-97)70(110)86-49(19-20-59(100)101)65(105)83-41(8)63(103)85-50(22-25-115-10)66(106)84-48(62(78)102)21-24-114-9/h13-14,16,18,26-27,32,34,36-37,41,43,46,48-53,55-56,60-61,82,97H,11-12,15,17,19-25,28-31,33,35,75H2,1-10H3,(H2,76,98)(H2,77,99)(H2,78,102)(H,83,105)(H,84,106)(H,85,103)(H,86,110)(H,87,108)(H,88,111)(H,89,112)(H,90,107)(H,91,104)(H,92,109)(H,100,101)(H4,79,80,81)/t36-,37-,41-,43-,46-,48-,49-,50-,51-,52-,53-,55-,56-,60-,61-/m0/s1. The first-order chi connectivity index (χ1) is 54.4. The largest absolute Gasteiger partial charge is 0.481 e. The minimum Gasteiger partial charge on any atom is -0.481 e. The van der Waals surface area contributed by atoms with Crippen molar-refractivity contribution in [2.45, 2.75) is 211 Å². The Bertz CT molecular complexity index is 4160. The highest BCUT2D eigenvalue weighted by Crippen LogP contribution is 2.32. The highest BCUT2D eigenvalue weighted by Gasteiger charge is 2.46. The number of hydrogen-bond donors (Lipinski definition) is 19. The van der Waals surface area contributed by atoms with Crippen LogP contribution in [0.3, 0.4) is 0 Å². The number of primary amides is 3. The molecule has 1 aliphatic rings. The summed E-state index contributed by atoms with van der Waals surface area (Å²) in [6.07, 6.45) is 4.28. The van der Waals surface area contributed by atoms with Crippen LogP contribution in [0.25, 0.3) is 22.2 Å². The number of H-pyrrole nitrogens is 1. The van der Waals surface area contributed by atoms with Crippen LogP contribution in [-0.2, 0) is 78.3 Å². The average molecular weight is 1650 g/mol. The van der Waals surface area contributed by atoms with E-state index in [1.54, 1.807) is 76.9 Å². The van der Waals surface area contributed by atoms with E-state index >= 15 is 14.4 Å². The first-order valence-corrected chi connectivity index (χ1v) is 40.5. The zero-order valence-corrected chi connectivity index (χ0v) is 68.0. The minimum absolute atomic E-state index is 0.0890.